The highest BCUT2D eigenvalue weighted by Crippen LogP contribution is 2.35. The SMILES string of the molecule is CC(C)(C)c1ccc(C(=O)c2c(-c3ccccc3)csc2N)cc1. The van der Waals surface area contributed by atoms with E-state index in [4.69, 9.17) is 5.73 Å². The van der Waals surface area contributed by atoms with Gasteiger partial charge in [-0.15, -0.1) is 11.3 Å². The van der Waals surface area contributed by atoms with Crippen molar-refractivity contribution in [3.8, 4) is 11.1 Å². The molecule has 0 saturated heterocycles. The zero-order chi connectivity index (χ0) is 17.3. The molecule has 0 radical (unpaired) electrons. The molecule has 1 heterocycles. The van der Waals surface area contributed by atoms with Crippen molar-refractivity contribution in [3.05, 3.63) is 76.7 Å². The van der Waals surface area contributed by atoms with Crippen LogP contribution in [-0.4, -0.2) is 5.78 Å². The van der Waals surface area contributed by atoms with Gasteiger partial charge >= 0.3 is 0 Å². The summed E-state index contributed by atoms with van der Waals surface area (Å²) < 4.78 is 0. The van der Waals surface area contributed by atoms with Gasteiger partial charge in [-0.05, 0) is 16.5 Å². The Morgan fingerprint density at radius 2 is 1.58 bits per heavy atom. The number of carbonyl (C=O) groups is 1. The first-order chi connectivity index (χ1) is 11.4. The fourth-order valence-electron chi connectivity index (χ4n) is 2.70. The van der Waals surface area contributed by atoms with Crippen LogP contribution >= 0.6 is 11.3 Å². The fourth-order valence-corrected chi connectivity index (χ4v) is 3.52. The molecule has 0 aliphatic rings. The quantitative estimate of drug-likeness (QED) is 0.640. The zero-order valence-corrected chi connectivity index (χ0v) is 15.0. The maximum Gasteiger partial charge on any atom is 0.196 e. The number of anilines is 1. The number of thiophene rings is 1. The zero-order valence-electron chi connectivity index (χ0n) is 14.2. The first kappa shape index (κ1) is 16.5. The number of benzene rings is 2. The summed E-state index contributed by atoms with van der Waals surface area (Å²) in [4.78, 5) is 13.0. The standard InChI is InChI=1S/C21H21NOS/c1-21(2,3)16-11-9-15(10-12-16)19(23)18-17(13-24-20(18)22)14-7-5-4-6-8-14/h4-13H,22H2,1-3H3. The summed E-state index contributed by atoms with van der Waals surface area (Å²) in [5.74, 6) is -0.0203. The maximum absolute atomic E-state index is 13.0. The second-order valence-electron chi connectivity index (χ2n) is 6.91. The van der Waals surface area contributed by atoms with Crippen LogP contribution < -0.4 is 5.73 Å². The molecule has 0 fully saturated rings. The van der Waals surface area contributed by atoms with Crippen molar-refractivity contribution in [2.45, 2.75) is 26.2 Å². The monoisotopic (exact) mass is 335 g/mol. The first-order valence-corrected chi connectivity index (χ1v) is 8.83. The molecule has 24 heavy (non-hydrogen) atoms. The molecule has 0 atom stereocenters. The van der Waals surface area contributed by atoms with E-state index in [9.17, 15) is 4.79 Å². The van der Waals surface area contributed by atoms with Crippen LogP contribution in [0.15, 0.2) is 60.0 Å². The molecule has 0 unspecified atom stereocenters. The van der Waals surface area contributed by atoms with Crippen molar-refractivity contribution in [1.29, 1.82) is 0 Å². The number of nitrogen functional groups attached to an aromatic ring is 1. The molecule has 2 nitrogen and oxygen atoms in total. The summed E-state index contributed by atoms with van der Waals surface area (Å²) in [6.07, 6.45) is 0. The molecule has 0 aliphatic heterocycles. The summed E-state index contributed by atoms with van der Waals surface area (Å²) in [7, 11) is 0. The normalized spacial score (nSPS) is 11.5. The van der Waals surface area contributed by atoms with Crippen molar-refractivity contribution >= 4 is 22.1 Å². The molecule has 0 saturated carbocycles. The lowest BCUT2D eigenvalue weighted by atomic mass is 9.86. The van der Waals surface area contributed by atoms with E-state index in [1.54, 1.807) is 0 Å². The summed E-state index contributed by atoms with van der Waals surface area (Å²) in [6.45, 7) is 6.48. The number of ketones is 1. The molecule has 3 heteroatoms. The van der Waals surface area contributed by atoms with E-state index in [-0.39, 0.29) is 11.2 Å². The highest BCUT2D eigenvalue weighted by Gasteiger charge is 2.21. The van der Waals surface area contributed by atoms with Crippen molar-refractivity contribution < 1.29 is 4.79 Å². The van der Waals surface area contributed by atoms with Crippen molar-refractivity contribution in [2.24, 2.45) is 0 Å². The van der Waals surface area contributed by atoms with E-state index in [0.29, 0.717) is 16.1 Å². The van der Waals surface area contributed by atoms with Gasteiger partial charge in [0.25, 0.3) is 0 Å². The fraction of sp³-hybridized carbons (Fsp3) is 0.190. The molecule has 0 bridgehead atoms. The minimum absolute atomic E-state index is 0.0203. The topological polar surface area (TPSA) is 43.1 Å². The smallest absolute Gasteiger partial charge is 0.196 e. The van der Waals surface area contributed by atoms with Crippen molar-refractivity contribution in [1.82, 2.24) is 0 Å². The van der Waals surface area contributed by atoms with Gasteiger partial charge in [-0.25, -0.2) is 0 Å². The molecule has 3 aromatic rings. The minimum Gasteiger partial charge on any atom is -0.390 e. The van der Waals surface area contributed by atoms with E-state index >= 15 is 0 Å². The van der Waals surface area contributed by atoms with Gasteiger partial charge in [-0.3, -0.25) is 4.79 Å². The lowest BCUT2D eigenvalue weighted by Gasteiger charge is -2.19. The van der Waals surface area contributed by atoms with Crippen LogP contribution in [0.2, 0.25) is 0 Å². The predicted octanol–water partition coefficient (Wildman–Crippen LogP) is 5.53. The molecule has 0 amide bonds. The van der Waals surface area contributed by atoms with Crippen LogP contribution in [0.4, 0.5) is 5.00 Å². The Balaban J connectivity index is 2.01. The maximum atomic E-state index is 13.0. The summed E-state index contributed by atoms with van der Waals surface area (Å²) in [5, 5.41) is 2.53. The van der Waals surface area contributed by atoms with E-state index in [0.717, 1.165) is 11.1 Å². The van der Waals surface area contributed by atoms with Crippen molar-refractivity contribution in [2.75, 3.05) is 5.73 Å². The number of carbonyl (C=O) groups excluding carboxylic acids is 1. The second-order valence-corrected chi connectivity index (χ2v) is 7.82. The van der Waals surface area contributed by atoms with Gasteiger partial charge in [-0.2, -0.15) is 0 Å². The Kier molecular flexibility index (Phi) is 4.29. The third-order valence-corrected chi connectivity index (χ3v) is 4.96. The van der Waals surface area contributed by atoms with Gasteiger partial charge in [-0.1, -0.05) is 75.4 Å². The van der Waals surface area contributed by atoms with Gasteiger partial charge < -0.3 is 5.73 Å². The lowest BCUT2D eigenvalue weighted by Crippen LogP contribution is -2.11. The number of nitrogens with two attached hydrogens (primary N) is 1. The highest BCUT2D eigenvalue weighted by atomic mass is 32.1. The van der Waals surface area contributed by atoms with Crippen LogP contribution in [0.3, 0.4) is 0 Å². The molecule has 0 aliphatic carbocycles. The molecular weight excluding hydrogens is 314 g/mol. The lowest BCUT2D eigenvalue weighted by molar-refractivity contribution is 0.104. The Morgan fingerprint density at radius 3 is 2.17 bits per heavy atom. The van der Waals surface area contributed by atoms with Gasteiger partial charge in [0.15, 0.2) is 5.78 Å². The number of hydrogen-bond donors (Lipinski definition) is 1. The first-order valence-electron chi connectivity index (χ1n) is 7.95. The van der Waals surface area contributed by atoms with Crippen LogP contribution in [0.1, 0.15) is 42.3 Å². The summed E-state index contributed by atoms with van der Waals surface area (Å²) in [6, 6.07) is 17.7. The molecule has 1 aromatic heterocycles. The van der Waals surface area contributed by atoms with E-state index in [1.165, 1.54) is 16.9 Å². The average molecular weight is 335 g/mol. The third-order valence-electron chi connectivity index (χ3n) is 4.14. The van der Waals surface area contributed by atoms with Gasteiger partial charge in [0.1, 0.15) is 0 Å². The van der Waals surface area contributed by atoms with E-state index in [2.05, 4.69) is 20.8 Å². The van der Waals surface area contributed by atoms with Crippen LogP contribution in [0, 0.1) is 0 Å². The Hall–Kier alpha value is -2.39. The Labute approximate surface area is 147 Å². The summed E-state index contributed by atoms with van der Waals surface area (Å²) in [5.41, 5.74) is 10.6. The van der Waals surface area contributed by atoms with Crippen LogP contribution in [-0.2, 0) is 5.41 Å². The third kappa shape index (κ3) is 3.13. The second kappa shape index (κ2) is 6.25. The molecule has 3 rings (SSSR count). The summed E-state index contributed by atoms with van der Waals surface area (Å²) >= 11 is 1.41. The number of hydrogen-bond acceptors (Lipinski definition) is 3. The van der Waals surface area contributed by atoms with E-state index < -0.39 is 0 Å². The van der Waals surface area contributed by atoms with Crippen LogP contribution in [0.25, 0.3) is 11.1 Å². The Morgan fingerprint density at radius 1 is 0.958 bits per heavy atom. The van der Waals surface area contributed by atoms with Crippen molar-refractivity contribution in [3.63, 3.8) is 0 Å². The van der Waals surface area contributed by atoms with Crippen LogP contribution in [0.5, 0.6) is 0 Å². The van der Waals surface area contributed by atoms with E-state index in [1.807, 2.05) is 60.0 Å². The molecule has 2 aromatic carbocycles. The molecule has 0 spiro atoms. The molecule has 122 valence electrons. The largest absolute Gasteiger partial charge is 0.390 e. The van der Waals surface area contributed by atoms with Gasteiger partial charge in [0, 0.05) is 16.5 Å². The average Bonchev–Trinajstić information content (AvgIpc) is 2.96. The Bertz CT molecular complexity index is 855. The molecule has 2 N–H and O–H groups in total. The minimum atomic E-state index is -0.0203. The predicted molar refractivity (Wildman–Crippen MR) is 103 cm³/mol. The van der Waals surface area contributed by atoms with Gasteiger partial charge in [0.05, 0.1) is 10.6 Å². The molecular formula is C21H21NOS. The number of rotatable bonds is 3. The highest BCUT2D eigenvalue weighted by molar-refractivity contribution is 7.15. The van der Waals surface area contributed by atoms with Gasteiger partial charge in [0.2, 0.25) is 0 Å².